The number of rotatable bonds is 15. The molecule has 69 heavy (non-hydrogen) atoms. The monoisotopic (exact) mass is 1010 g/mol. The van der Waals surface area contributed by atoms with E-state index in [0.717, 1.165) is 67.0 Å². The number of carboxylic acids is 1. The molecule has 0 saturated carbocycles. The highest BCUT2D eigenvalue weighted by Crippen LogP contribution is 2.41. The number of halogens is 2. The average Bonchev–Trinajstić information content (AvgIpc) is 4.09. The summed E-state index contributed by atoms with van der Waals surface area (Å²) in [6.07, 6.45) is 7.92. The number of carbonyl (C=O) groups excluding carboxylic acids is 2. The highest BCUT2D eigenvalue weighted by molar-refractivity contribution is 7.88. The summed E-state index contributed by atoms with van der Waals surface area (Å²) in [6.45, 7) is 7.99. The minimum atomic E-state index is -3.23. The molecule has 4 heterocycles. The summed E-state index contributed by atoms with van der Waals surface area (Å²) in [5, 5.41) is 10.8. The molecule has 2 aliphatic rings. The van der Waals surface area contributed by atoms with Crippen molar-refractivity contribution in [2.45, 2.75) is 44.5 Å². The maximum absolute atomic E-state index is 11.6. The molecule has 2 atom stereocenters. The molecule has 4 aromatic carbocycles. The molecule has 1 amide bonds. The molecule has 20 heteroatoms. The zero-order chi connectivity index (χ0) is 49.7. The van der Waals surface area contributed by atoms with Crippen molar-refractivity contribution in [2.75, 3.05) is 72.0 Å². The van der Waals surface area contributed by atoms with E-state index in [1.807, 2.05) is 84.5 Å². The lowest BCUT2D eigenvalue weighted by Crippen LogP contribution is -2.48. The lowest BCUT2D eigenvalue weighted by atomic mass is 10.1. The summed E-state index contributed by atoms with van der Waals surface area (Å²) in [7, 11) is 2.29. The molecular weight excluding hydrogens is 950 g/mol. The van der Waals surface area contributed by atoms with Gasteiger partial charge in [0, 0.05) is 92.3 Å². The number of imidazole rings is 1. The van der Waals surface area contributed by atoms with Crippen LogP contribution in [-0.2, 0) is 53.6 Å². The minimum Gasteiger partial charge on any atom is -0.491 e. The third kappa shape index (κ3) is 14.8. The number of carboxylic acid groups (broad SMARTS) is 1. The number of ether oxygens (including phenoxy) is 4. The number of aromatic amines is 1. The van der Waals surface area contributed by atoms with Crippen LogP contribution in [0.4, 0.5) is 5.69 Å². The topological polar surface area (TPSA) is 198 Å². The number of H-pyrrole nitrogens is 1. The molecule has 2 aromatic heterocycles. The van der Waals surface area contributed by atoms with Gasteiger partial charge in [0.2, 0.25) is 21.7 Å². The van der Waals surface area contributed by atoms with E-state index in [0.29, 0.717) is 35.4 Å². The highest BCUT2D eigenvalue weighted by atomic mass is 35.5. The number of anilines is 1. The summed E-state index contributed by atoms with van der Waals surface area (Å²) >= 11 is 12.7. The first kappa shape index (κ1) is 52.4. The van der Waals surface area contributed by atoms with Crippen LogP contribution in [0.5, 0.6) is 11.5 Å². The fourth-order valence-corrected chi connectivity index (χ4v) is 8.96. The Balaban J connectivity index is 0.000000198. The standard InChI is InChI=1S/C26H28Cl2N4O4.C14H21N3O2S.C9H8O4/c1-19(33)31-10-12-32(13-11-31)21-3-5-22(6-4-21)34-15-23-16-35-26(36-23,17-30-9-8-29-18-30)24-7-2-20(27)14-25(24)28;1-15-20(18,19)10-11-4-5-14-13(8-11)12(9-16-14)6-7-17(2)3;1-6(10)13-8-5-3-2-4-7(8)9(11)12/h2-9,14,18,23H,10-13,15-17H2,1H3;4-5,8-9,15-16H,6-7,10H2,1-3H3;2-5H,1H3,(H,11,12)/t23-,26-;;/m0../s1. The van der Waals surface area contributed by atoms with Crippen molar-refractivity contribution >= 4 is 67.7 Å². The molecule has 2 aliphatic heterocycles. The van der Waals surface area contributed by atoms with Crippen molar-refractivity contribution in [3.63, 3.8) is 0 Å². The number of nitrogens with one attached hydrogen (secondary N) is 2. The molecule has 17 nitrogen and oxygen atoms in total. The van der Waals surface area contributed by atoms with E-state index in [1.165, 1.54) is 31.7 Å². The third-order valence-electron chi connectivity index (χ3n) is 11.2. The lowest BCUT2D eigenvalue weighted by Gasteiger charge is -2.35. The van der Waals surface area contributed by atoms with Crippen LogP contribution in [0.15, 0.2) is 110 Å². The van der Waals surface area contributed by atoms with Crippen LogP contribution in [0.3, 0.4) is 0 Å². The van der Waals surface area contributed by atoms with Crippen molar-refractivity contribution in [1.82, 2.24) is 29.1 Å². The summed E-state index contributed by atoms with van der Waals surface area (Å²) in [6, 6.07) is 25.0. The number of esters is 1. The first-order valence-electron chi connectivity index (χ1n) is 22.1. The molecule has 6 aromatic rings. The van der Waals surface area contributed by atoms with Crippen molar-refractivity contribution in [2.24, 2.45) is 0 Å². The predicted molar refractivity (Wildman–Crippen MR) is 265 cm³/mol. The van der Waals surface area contributed by atoms with E-state index in [1.54, 1.807) is 43.7 Å². The Labute approximate surface area is 411 Å². The molecule has 2 saturated heterocycles. The van der Waals surface area contributed by atoms with Crippen LogP contribution >= 0.6 is 23.2 Å². The average molecular weight is 1010 g/mol. The Bertz CT molecular complexity index is 2780. The molecule has 2 fully saturated rings. The fourth-order valence-electron chi connectivity index (χ4n) is 7.64. The minimum absolute atomic E-state index is 0.0116. The van der Waals surface area contributed by atoms with Crippen molar-refractivity contribution in [1.29, 1.82) is 0 Å². The molecule has 368 valence electrons. The fraction of sp³-hybridized carbons (Fsp3) is 0.347. The predicted octanol–water partition coefficient (Wildman–Crippen LogP) is 6.84. The van der Waals surface area contributed by atoms with Gasteiger partial charge < -0.3 is 48.3 Å². The summed E-state index contributed by atoms with van der Waals surface area (Å²) in [4.78, 5) is 46.4. The number of amides is 1. The largest absolute Gasteiger partial charge is 0.491 e. The van der Waals surface area contributed by atoms with Gasteiger partial charge in [0.25, 0.3) is 0 Å². The highest BCUT2D eigenvalue weighted by Gasteiger charge is 2.45. The number of para-hydroxylation sites is 1. The second-order valence-electron chi connectivity index (χ2n) is 16.6. The van der Waals surface area contributed by atoms with Crippen molar-refractivity contribution in [3.8, 4) is 11.5 Å². The number of hydrogen-bond donors (Lipinski definition) is 3. The van der Waals surface area contributed by atoms with Gasteiger partial charge in [-0.15, -0.1) is 0 Å². The van der Waals surface area contributed by atoms with Gasteiger partial charge in [-0.1, -0.05) is 47.5 Å². The lowest BCUT2D eigenvalue weighted by molar-refractivity contribution is -0.189. The Morgan fingerprint density at radius 2 is 1.72 bits per heavy atom. The smallest absolute Gasteiger partial charge is 0.339 e. The van der Waals surface area contributed by atoms with E-state index in [4.69, 9.17) is 42.5 Å². The molecule has 0 unspecified atom stereocenters. The number of carbonyl (C=O) groups is 3. The summed E-state index contributed by atoms with van der Waals surface area (Å²) < 4.78 is 50.9. The quantitative estimate of drug-likeness (QED) is 0.0715. The normalized spacial score (nSPS) is 16.9. The SMILES string of the molecule is CC(=O)N1CCN(c2ccc(OC[C@H]3CO[C@](Cn4ccnc4)(c4ccc(Cl)cc4Cl)O3)cc2)CC1.CC(=O)Oc1ccccc1C(=O)O.CNS(=O)(=O)Cc1ccc2[nH]cc(CCN(C)C)c2c1. The van der Waals surface area contributed by atoms with Gasteiger partial charge in [-0.05, 0) is 99.4 Å². The van der Waals surface area contributed by atoms with Gasteiger partial charge in [-0.25, -0.2) is 22.9 Å². The number of sulfonamides is 1. The number of nitrogens with zero attached hydrogens (tertiary/aromatic N) is 5. The number of likely N-dealkylation sites (N-methyl/N-ethyl adjacent to an activating group) is 1. The number of benzene rings is 4. The Kier molecular flexibility index (Phi) is 18.2. The molecule has 0 spiro atoms. The third-order valence-corrected chi connectivity index (χ3v) is 13.1. The Morgan fingerprint density at radius 1 is 0.986 bits per heavy atom. The van der Waals surface area contributed by atoms with Gasteiger partial charge in [-0.3, -0.25) is 9.59 Å². The van der Waals surface area contributed by atoms with Gasteiger partial charge in [0.15, 0.2) is 0 Å². The van der Waals surface area contributed by atoms with Crippen LogP contribution in [0.25, 0.3) is 10.9 Å². The van der Waals surface area contributed by atoms with Crippen LogP contribution in [0.2, 0.25) is 10.0 Å². The van der Waals surface area contributed by atoms with E-state index in [-0.39, 0.29) is 29.1 Å². The van der Waals surface area contributed by atoms with Gasteiger partial charge in [0.05, 0.1) is 30.3 Å². The second kappa shape index (κ2) is 24.0. The number of fused-ring (bicyclic) bond motifs is 1. The van der Waals surface area contributed by atoms with E-state index in [2.05, 4.69) is 29.2 Å². The molecule has 0 bridgehead atoms. The van der Waals surface area contributed by atoms with Gasteiger partial charge >= 0.3 is 11.9 Å². The van der Waals surface area contributed by atoms with Gasteiger partial charge in [-0.2, -0.15) is 0 Å². The first-order chi connectivity index (χ1) is 32.9. The number of hydrogen-bond acceptors (Lipinski definition) is 12. The number of aromatic carboxylic acids is 1. The second-order valence-corrected chi connectivity index (χ2v) is 19.3. The Morgan fingerprint density at radius 3 is 2.36 bits per heavy atom. The van der Waals surface area contributed by atoms with Crippen LogP contribution in [0, 0.1) is 0 Å². The van der Waals surface area contributed by atoms with Crippen LogP contribution in [0.1, 0.15) is 40.9 Å². The molecule has 0 aliphatic carbocycles. The molecule has 8 rings (SSSR count). The zero-order valence-electron chi connectivity index (χ0n) is 39.1. The number of piperazine rings is 1. The van der Waals surface area contributed by atoms with Crippen molar-refractivity contribution < 1.29 is 46.9 Å². The Hall–Kier alpha value is -5.99. The number of aromatic nitrogens is 3. The summed E-state index contributed by atoms with van der Waals surface area (Å²) in [5.74, 6) is -1.77. The van der Waals surface area contributed by atoms with Gasteiger partial charge in [0.1, 0.15) is 29.8 Å². The maximum Gasteiger partial charge on any atom is 0.339 e. The van der Waals surface area contributed by atoms with E-state index in [9.17, 15) is 22.8 Å². The maximum atomic E-state index is 11.6. The summed E-state index contributed by atoms with van der Waals surface area (Å²) in [5.41, 5.74) is 4.87. The molecule has 3 N–H and O–H groups in total. The molecular formula is C49H57Cl2N7O10S. The van der Waals surface area contributed by atoms with E-state index < -0.39 is 27.7 Å². The van der Waals surface area contributed by atoms with Crippen molar-refractivity contribution in [3.05, 3.63) is 142 Å². The van der Waals surface area contributed by atoms with E-state index >= 15 is 0 Å². The zero-order valence-corrected chi connectivity index (χ0v) is 41.4. The van der Waals surface area contributed by atoms with Crippen LogP contribution < -0.4 is 19.1 Å². The first-order valence-corrected chi connectivity index (χ1v) is 24.5. The molecule has 0 radical (unpaired) electrons. The van der Waals surface area contributed by atoms with Crippen LogP contribution in [-0.4, -0.2) is 129 Å².